The van der Waals surface area contributed by atoms with Crippen molar-refractivity contribution < 1.29 is 9.53 Å². The Labute approximate surface area is 140 Å². The monoisotopic (exact) mass is 447 g/mol. The molecule has 0 fully saturated rings. The van der Waals surface area contributed by atoms with Crippen LogP contribution in [0.5, 0.6) is 0 Å². The van der Waals surface area contributed by atoms with Crippen LogP contribution in [0.3, 0.4) is 0 Å². The Hall–Kier alpha value is -0.820. The number of carbonyl (C=O) groups is 1. The minimum absolute atomic E-state index is 0.277. The van der Waals surface area contributed by atoms with Crippen LogP contribution in [0.1, 0.15) is 27.3 Å². The number of halogens is 2. The van der Waals surface area contributed by atoms with Gasteiger partial charge in [0.15, 0.2) is 0 Å². The summed E-state index contributed by atoms with van der Waals surface area (Å²) in [5, 5.41) is 0. The van der Waals surface area contributed by atoms with Crippen LogP contribution in [0.25, 0.3) is 0 Å². The second-order valence-corrected chi connectivity index (χ2v) is 6.46. The highest BCUT2D eigenvalue weighted by Gasteiger charge is 2.22. The van der Waals surface area contributed by atoms with E-state index in [1.54, 1.807) is 0 Å². The third-order valence-corrected chi connectivity index (χ3v) is 5.48. The summed E-state index contributed by atoms with van der Waals surface area (Å²) in [4.78, 5) is 11.9. The van der Waals surface area contributed by atoms with E-state index in [1.807, 2.05) is 32.0 Å². The summed E-state index contributed by atoms with van der Waals surface area (Å²) in [7, 11) is 1.41. The number of rotatable bonds is 3. The first kappa shape index (κ1) is 15.6. The van der Waals surface area contributed by atoms with E-state index < -0.39 is 0 Å². The second kappa shape index (κ2) is 6.30. The van der Waals surface area contributed by atoms with Crippen molar-refractivity contribution in [1.29, 1.82) is 0 Å². The van der Waals surface area contributed by atoms with E-state index in [-0.39, 0.29) is 5.97 Å². The maximum absolute atomic E-state index is 11.9. The molecule has 0 aliphatic carbocycles. The maximum atomic E-state index is 11.9. The molecule has 2 rings (SSSR count). The molecule has 0 saturated heterocycles. The van der Waals surface area contributed by atoms with Crippen molar-refractivity contribution in [2.24, 2.45) is 0 Å². The number of esters is 1. The van der Waals surface area contributed by atoms with E-state index in [9.17, 15) is 4.79 Å². The molecule has 0 spiro atoms. The zero-order valence-electron chi connectivity index (χ0n) is 11.5. The van der Waals surface area contributed by atoms with Crippen molar-refractivity contribution in [1.82, 2.24) is 4.57 Å². The number of aromatic nitrogens is 1. The fraction of sp³-hybridized carbons (Fsp3) is 0.267. The lowest BCUT2D eigenvalue weighted by Crippen LogP contribution is -2.07. The Morgan fingerprint density at radius 3 is 2.55 bits per heavy atom. The van der Waals surface area contributed by atoms with Gasteiger partial charge in [0.2, 0.25) is 0 Å². The van der Waals surface area contributed by atoms with Crippen LogP contribution >= 0.6 is 38.5 Å². The fourth-order valence-corrected chi connectivity index (χ4v) is 3.53. The van der Waals surface area contributed by atoms with Gasteiger partial charge in [0.05, 0.1) is 12.7 Å². The van der Waals surface area contributed by atoms with Gasteiger partial charge in [0.25, 0.3) is 0 Å². The molecule has 1 heterocycles. The largest absolute Gasteiger partial charge is 0.465 e. The molecular weight excluding hydrogens is 433 g/mol. The number of benzene rings is 1. The van der Waals surface area contributed by atoms with E-state index in [1.165, 1.54) is 12.7 Å². The highest BCUT2D eigenvalue weighted by atomic mass is 127. The van der Waals surface area contributed by atoms with Gasteiger partial charge in [-0.25, -0.2) is 4.79 Å². The third-order valence-electron chi connectivity index (χ3n) is 3.38. The topological polar surface area (TPSA) is 31.2 Å². The van der Waals surface area contributed by atoms with Gasteiger partial charge in [0.1, 0.15) is 0 Å². The molecule has 0 unspecified atom stereocenters. The highest BCUT2D eigenvalue weighted by molar-refractivity contribution is 14.1. The van der Waals surface area contributed by atoms with Gasteiger partial charge in [-0.1, -0.05) is 34.1 Å². The smallest absolute Gasteiger partial charge is 0.340 e. The first-order chi connectivity index (χ1) is 9.47. The average molecular weight is 448 g/mol. The predicted octanol–water partition coefficient (Wildman–Crippen LogP) is 4.31. The molecule has 0 N–H and O–H groups in total. The van der Waals surface area contributed by atoms with Crippen molar-refractivity contribution in [2.45, 2.75) is 20.4 Å². The van der Waals surface area contributed by atoms with Crippen LogP contribution < -0.4 is 0 Å². The summed E-state index contributed by atoms with van der Waals surface area (Å²) in [6.07, 6.45) is 0. The lowest BCUT2D eigenvalue weighted by molar-refractivity contribution is 0.0598. The normalized spacial score (nSPS) is 10.7. The van der Waals surface area contributed by atoms with Crippen LogP contribution in [0.15, 0.2) is 28.7 Å². The summed E-state index contributed by atoms with van der Waals surface area (Å²) in [6, 6.07) is 8.11. The van der Waals surface area contributed by atoms with E-state index in [0.717, 1.165) is 26.0 Å². The Morgan fingerprint density at radius 2 is 1.95 bits per heavy atom. The quantitative estimate of drug-likeness (QED) is 0.518. The lowest BCUT2D eigenvalue weighted by atomic mass is 10.2. The van der Waals surface area contributed by atoms with Crippen LogP contribution in [0.4, 0.5) is 0 Å². The molecule has 0 saturated carbocycles. The van der Waals surface area contributed by atoms with Gasteiger partial charge in [-0.2, -0.15) is 0 Å². The van der Waals surface area contributed by atoms with Gasteiger partial charge in [-0.05, 0) is 48.1 Å². The first-order valence-electron chi connectivity index (χ1n) is 6.14. The van der Waals surface area contributed by atoms with Crippen LogP contribution in [0.2, 0.25) is 0 Å². The van der Waals surface area contributed by atoms with Crippen LogP contribution in [-0.2, 0) is 11.3 Å². The van der Waals surface area contributed by atoms with Crippen molar-refractivity contribution in [3.63, 3.8) is 0 Å². The molecule has 0 amide bonds. The molecule has 0 radical (unpaired) electrons. The second-order valence-electron chi connectivity index (χ2n) is 4.53. The lowest BCUT2D eigenvalue weighted by Gasteiger charge is -2.11. The Balaban J connectivity index is 2.49. The molecular formula is C15H15BrINO2. The summed E-state index contributed by atoms with van der Waals surface area (Å²) in [5.74, 6) is -0.277. The predicted molar refractivity (Wildman–Crippen MR) is 91.2 cm³/mol. The van der Waals surface area contributed by atoms with Crippen molar-refractivity contribution >= 4 is 44.5 Å². The van der Waals surface area contributed by atoms with Gasteiger partial charge in [-0.15, -0.1) is 0 Å². The Bertz CT molecular complexity index is 664. The van der Waals surface area contributed by atoms with Crippen LogP contribution in [0, 0.1) is 17.4 Å². The molecule has 3 nitrogen and oxygen atoms in total. The zero-order chi connectivity index (χ0) is 14.9. The van der Waals surface area contributed by atoms with Crippen molar-refractivity contribution in [2.75, 3.05) is 7.11 Å². The summed E-state index contributed by atoms with van der Waals surface area (Å²) < 4.78 is 9.05. The van der Waals surface area contributed by atoms with Crippen molar-refractivity contribution in [3.05, 3.63) is 54.8 Å². The van der Waals surface area contributed by atoms with Gasteiger partial charge < -0.3 is 9.30 Å². The number of ether oxygens (including phenoxy) is 1. The molecule has 20 heavy (non-hydrogen) atoms. The molecule has 1 aromatic carbocycles. The molecule has 0 aliphatic rings. The van der Waals surface area contributed by atoms with Crippen molar-refractivity contribution in [3.8, 4) is 0 Å². The zero-order valence-corrected chi connectivity index (χ0v) is 15.3. The average Bonchev–Trinajstić information content (AvgIpc) is 2.64. The number of methoxy groups -OCH3 is 1. The SMILES string of the molecule is COC(=O)c1c(I)c(C)n(Cc2ccccc2Br)c1C. The van der Waals surface area contributed by atoms with Gasteiger partial charge in [0, 0.05) is 26.0 Å². The number of carbonyl (C=O) groups excluding carboxylic acids is 1. The third kappa shape index (κ3) is 2.79. The molecule has 0 bridgehead atoms. The first-order valence-corrected chi connectivity index (χ1v) is 8.01. The van der Waals surface area contributed by atoms with E-state index in [0.29, 0.717) is 5.56 Å². The number of hydrogen-bond acceptors (Lipinski definition) is 2. The Morgan fingerprint density at radius 1 is 1.30 bits per heavy atom. The molecule has 5 heteroatoms. The van der Waals surface area contributed by atoms with E-state index in [2.05, 4.69) is 49.2 Å². The minimum atomic E-state index is -0.277. The fourth-order valence-electron chi connectivity index (χ4n) is 2.22. The molecule has 0 atom stereocenters. The summed E-state index contributed by atoms with van der Waals surface area (Å²) >= 11 is 5.77. The van der Waals surface area contributed by atoms with E-state index in [4.69, 9.17) is 4.74 Å². The maximum Gasteiger partial charge on any atom is 0.340 e. The molecule has 0 aliphatic heterocycles. The number of nitrogens with zero attached hydrogens (tertiary/aromatic N) is 1. The number of hydrogen-bond donors (Lipinski definition) is 0. The van der Waals surface area contributed by atoms with Crippen LogP contribution in [-0.4, -0.2) is 17.6 Å². The summed E-state index contributed by atoms with van der Waals surface area (Å²) in [6.45, 7) is 4.71. The summed E-state index contributed by atoms with van der Waals surface area (Å²) in [5.41, 5.74) is 3.87. The molecule has 106 valence electrons. The minimum Gasteiger partial charge on any atom is -0.465 e. The standard InChI is InChI=1S/C15H15BrINO2/c1-9-13(15(19)20-3)14(17)10(2)18(9)8-11-6-4-5-7-12(11)16/h4-7H,8H2,1-3H3. The Kier molecular flexibility index (Phi) is 4.90. The highest BCUT2D eigenvalue weighted by Crippen LogP contribution is 2.27. The van der Waals surface area contributed by atoms with Gasteiger partial charge >= 0.3 is 5.97 Å². The van der Waals surface area contributed by atoms with E-state index >= 15 is 0 Å². The molecule has 2 aromatic rings. The molecule has 1 aromatic heterocycles. The van der Waals surface area contributed by atoms with Gasteiger partial charge in [-0.3, -0.25) is 0 Å².